The predicted octanol–water partition coefficient (Wildman–Crippen LogP) is 2.60. The van der Waals surface area contributed by atoms with E-state index in [-0.39, 0.29) is 5.91 Å². The Morgan fingerprint density at radius 2 is 2.00 bits per heavy atom. The maximum absolute atomic E-state index is 13.0. The predicted molar refractivity (Wildman–Crippen MR) is 103 cm³/mol. The molecule has 0 bridgehead atoms. The lowest BCUT2D eigenvalue weighted by molar-refractivity contribution is -0.886. The Kier molecular flexibility index (Phi) is 6.09. The van der Waals surface area contributed by atoms with Gasteiger partial charge in [-0.15, -0.1) is 11.3 Å². The molecular weight excluding hydrogens is 348 g/mol. The van der Waals surface area contributed by atoms with Crippen molar-refractivity contribution < 1.29 is 18.8 Å². The summed E-state index contributed by atoms with van der Waals surface area (Å²) in [5.74, 6) is 1.73. The van der Waals surface area contributed by atoms with Gasteiger partial charge in [-0.3, -0.25) is 4.79 Å². The van der Waals surface area contributed by atoms with Crippen molar-refractivity contribution in [2.45, 2.75) is 13.1 Å². The second-order valence-electron chi connectivity index (χ2n) is 6.15. The fourth-order valence-corrected chi connectivity index (χ4v) is 3.46. The van der Waals surface area contributed by atoms with Gasteiger partial charge in [0.1, 0.15) is 12.3 Å². The first-order chi connectivity index (χ1) is 12.7. The third-order valence-electron chi connectivity index (χ3n) is 4.09. The minimum absolute atomic E-state index is 0.0765. The van der Waals surface area contributed by atoms with Gasteiger partial charge >= 0.3 is 0 Å². The summed E-state index contributed by atoms with van der Waals surface area (Å²) in [5, 5.41) is 2.03. The first-order valence-electron chi connectivity index (χ1n) is 8.46. The topological polar surface area (TPSA) is 47.1 Å². The van der Waals surface area contributed by atoms with Crippen molar-refractivity contribution in [1.29, 1.82) is 0 Å². The second kappa shape index (κ2) is 8.69. The monoisotopic (exact) mass is 371 g/mol. The number of likely N-dealkylation sites (N-methyl/N-ethyl adjacent to an activating group) is 1. The maximum Gasteiger partial charge on any atom is 0.282 e. The summed E-state index contributed by atoms with van der Waals surface area (Å²) in [4.78, 5) is 17.1. The number of ether oxygens (including phenoxy) is 1. The van der Waals surface area contributed by atoms with Gasteiger partial charge in [0.15, 0.2) is 12.3 Å². The van der Waals surface area contributed by atoms with Crippen molar-refractivity contribution in [3.63, 3.8) is 0 Å². The van der Waals surface area contributed by atoms with Crippen LogP contribution in [-0.4, -0.2) is 26.6 Å². The number of thiophene rings is 1. The van der Waals surface area contributed by atoms with Crippen molar-refractivity contribution in [2.24, 2.45) is 0 Å². The molecule has 1 N–H and O–H groups in total. The Bertz CT molecular complexity index is 798. The molecule has 3 aromatic rings. The largest absolute Gasteiger partial charge is 0.497 e. The number of quaternary nitrogens is 1. The molecule has 5 nitrogen and oxygen atoms in total. The number of rotatable bonds is 8. The number of carbonyl (C=O) groups is 1. The van der Waals surface area contributed by atoms with Gasteiger partial charge in [-0.05, 0) is 47.8 Å². The molecule has 1 amide bonds. The Morgan fingerprint density at radius 3 is 2.62 bits per heavy atom. The van der Waals surface area contributed by atoms with Crippen LogP contribution in [0.2, 0.25) is 0 Å². The van der Waals surface area contributed by atoms with E-state index in [0.29, 0.717) is 19.6 Å². The van der Waals surface area contributed by atoms with E-state index in [2.05, 4.69) is 0 Å². The van der Waals surface area contributed by atoms with Crippen LogP contribution in [0.15, 0.2) is 64.6 Å². The summed E-state index contributed by atoms with van der Waals surface area (Å²) in [6, 6.07) is 15.5. The highest BCUT2D eigenvalue weighted by atomic mass is 32.1. The van der Waals surface area contributed by atoms with E-state index >= 15 is 0 Å². The minimum atomic E-state index is 0.0765. The van der Waals surface area contributed by atoms with Crippen LogP contribution in [0, 0.1) is 0 Å². The van der Waals surface area contributed by atoms with Gasteiger partial charge in [0.2, 0.25) is 0 Å². The number of hydrogen-bond acceptors (Lipinski definition) is 4. The van der Waals surface area contributed by atoms with E-state index < -0.39 is 0 Å². The molecule has 26 heavy (non-hydrogen) atoms. The Hall–Kier alpha value is -2.57. The van der Waals surface area contributed by atoms with E-state index in [4.69, 9.17) is 9.15 Å². The lowest BCUT2D eigenvalue weighted by Gasteiger charge is -2.24. The van der Waals surface area contributed by atoms with Crippen LogP contribution in [0.4, 0.5) is 5.69 Å². The highest BCUT2D eigenvalue weighted by Gasteiger charge is 2.21. The molecule has 0 saturated heterocycles. The summed E-state index contributed by atoms with van der Waals surface area (Å²) in [6.45, 7) is 1.63. The number of furan rings is 1. The van der Waals surface area contributed by atoms with Crippen molar-refractivity contribution in [3.8, 4) is 5.75 Å². The van der Waals surface area contributed by atoms with Gasteiger partial charge in [-0.2, -0.15) is 0 Å². The number of methoxy groups -OCH3 is 1. The summed E-state index contributed by atoms with van der Waals surface area (Å²) >= 11 is 1.65. The quantitative estimate of drug-likeness (QED) is 0.662. The molecule has 136 valence electrons. The third kappa shape index (κ3) is 4.74. The van der Waals surface area contributed by atoms with E-state index in [1.165, 1.54) is 0 Å². The zero-order valence-electron chi connectivity index (χ0n) is 15.0. The highest BCUT2D eigenvalue weighted by molar-refractivity contribution is 7.09. The molecule has 1 aromatic carbocycles. The molecule has 1 atom stereocenters. The van der Waals surface area contributed by atoms with Crippen LogP contribution in [0.3, 0.4) is 0 Å². The molecule has 0 aliphatic carbocycles. The molecule has 2 aromatic heterocycles. The van der Waals surface area contributed by atoms with E-state index in [9.17, 15) is 4.79 Å². The van der Waals surface area contributed by atoms with E-state index in [0.717, 1.165) is 27.0 Å². The van der Waals surface area contributed by atoms with Gasteiger partial charge in [0.05, 0.1) is 27.0 Å². The number of hydrogen-bond donors (Lipinski definition) is 1. The maximum atomic E-state index is 13.0. The first-order valence-corrected chi connectivity index (χ1v) is 9.34. The van der Waals surface area contributed by atoms with Crippen LogP contribution < -0.4 is 14.5 Å². The molecule has 1 unspecified atom stereocenters. The van der Waals surface area contributed by atoms with Crippen molar-refractivity contribution in [3.05, 3.63) is 70.8 Å². The number of anilines is 1. The van der Waals surface area contributed by atoms with Crippen LogP contribution in [0.25, 0.3) is 0 Å². The normalized spacial score (nSPS) is 11.9. The summed E-state index contributed by atoms with van der Waals surface area (Å²) < 4.78 is 10.6. The van der Waals surface area contributed by atoms with Crippen LogP contribution in [0.1, 0.15) is 10.6 Å². The lowest BCUT2D eigenvalue weighted by atomic mass is 10.2. The van der Waals surface area contributed by atoms with Gasteiger partial charge in [-0.1, -0.05) is 6.07 Å². The molecular formula is C20H23N2O3S+. The number of carbonyl (C=O) groups excluding carboxylic acids is 1. The minimum Gasteiger partial charge on any atom is -0.497 e. The summed E-state index contributed by atoms with van der Waals surface area (Å²) in [7, 11) is 3.63. The zero-order valence-corrected chi connectivity index (χ0v) is 15.8. The molecule has 0 radical (unpaired) electrons. The average molecular weight is 371 g/mol. The number of amides is 1. The fourth-order valence-electron chi connectivity index (χ4n) is 2.77. The van der Waals surface area contributed by atoms with Gasteiger partial charge in [0, 0.05) is 10.6 Å². The SMILES string of the molecule is COc1ccc(N(Cc2cccs2)C(=O)C[NH+](C)Cc2ccco2)cc1. The van der Waals surface area contributed by atoms with E-state index in [1.807, 2.05) is 65.9 Å². The van der Waals surface area contributed by atoms with Crippen LogP contribution in [-0.2, 0) is 17.9 Å². The fraction of sp³-hybridized carbons (Fsp3) is 0.250. The van der Waals surface area contributed by atoms with Crippen molar-refractivity contribution >= 4 is 22.9 Å². The Balaban J connectivity index is 1.73. The first kappa shape index (κ1) is 18.2. The second-order valence-corrected chi connectivity index (χ2v) is 7.18. The molecule has 6 heteroatoms. The van der Waals surface area contributed by atoms with Gasteiger partial charge in [0.25, 0.3) is 5.91 Å². The smallest absolute Gasteiger partial charge is 0.282 e. The van der Waals surface area contributed by atoms with Crippen LogP contribution >= 0.6 is 11.3 Å². The molecule has 0 spiro atoms. The lowest BCUT2D eigenvalue weighted by Crippen LogP contribution is -3.08. The van der Waals surface area contributed by atoms with Gasteiger partial charge < -0.3 is 19.0 Å². The molecule has 0 aliphatic heterocycles. The standard InChI is InChI=1S/C20H22N2O3S/c1-21(13-18-5-3-11-25-18)15-20(23)22(14-19-6-4-12-26-19)16-7-9-17(24-2)10-8-16/h3-12H,13-15H2,1-2H3/p+1. The Labute approximate surface area is 157 Å². The molecule has 3 rings (SSSR count). The summed E-state index contributed by atoms with van der Waals surface area (Å²) in [5.41, 5.74) is 0.870. The Morgan fingerprint density at radius 1 is 1.19 bits per heavy atom. The molecule has 0 aliphatic rings. The van der Waals surface area contributed by atoms with Crippen LogP contribution in [0.5, 0.6) is 5.75 Å². The molecule has 2 heterocycles. The number of nitrogens with one attached hydrogen (secondary N) is 1. The van der Waals surface area contributed by atoms with E-state index in [1.54, 1.807) is 24.7 Å². The summed E-state index contributed by atoms with van der Waals surface area (Å²) in [6.07, 6.45) is 1.66. The molecule has 0 fully saturated rings. The highest BCUT2D eigenvalue weighted by Crippen LogP contribution is 2.22. The van der Waals surface area contributed by atoms with Gasteiger partial charge in [-0.25, -0.2) is 0 Å². The van der Waals surface area contributed by atoms with Crippen molar-refractivity contribution in [2.75, 3.05) is 25.6 Å². The zero-order chi connectivity index (χ0) is 18.4. The average Bonchev–Trinajstić information content (AvgIpc) is 3.33. The third-order valence-corrected chi connectivity index (χ3v) is 4.95. The number of nitrogens with zero attached hydrogens (tertiary/aromatic N) is 1. The number of benzene rings is 1. The molecule has 0 saturated carbocycles. The van der Waals surface area contributed by atoms with Crippen molar-refractivity contribution in [1.82, 2.24) is 0 Å².